The van der Waals surface area contributed by atoms with Crippen molar-refractivity contribution in [2.45, 2.75) is 26.1 Å². The minimum Gasteiger partial charge on any atom is -0.379 e. The maximum atomic E-state index is 11.6. The molecular weight excluding hydrogens is 322 g/mol. The molecule has 0 aliphatic heterocycles. The first-order chi connectivity index (χ1) is 11.3. The third-order valence-electron chi connectivity index (χ3n) is 4.05. The Kier molecular flexibility index (Phi) is 4.32. The number of hydrogen-bond donors (Lipinski definition) is 1. The Bertz CT molecular complexity index is 991. The van der Waals surface area contributed by atoms with E-state index in [9.17, 15) is 8.42 Å². The molecule has 2 aromatic heterocycles. The molecule has 0 spiro atoms. The van der Waals surface area contributed by atoms with Crippen LogP contribution in [-0.2, 0) is 22.1 Å². The lowest BCUT2D eigenvalue weighted by Crippen LogP contribution is -2.07. The zero-order valence-corrected chi connectivity index (χ0v) is 14.9. The molecule has 3 rings (SSSR count). The summed E-state index contributed by atoms with van der Waals surface area (Å²) in [5.74, 6) is 0.0587. The van der Waals surface area contributed by atoms with Crippen molar-refractivity contribution in [3.8, 4) is 0 Å². The zero-order chi connectivity index (χ0) is 17.3. The van der Waals surface area contributed by atoms with E-state index in [1.807, 2.05) is 43.5 Å². The third kappa shape index (κ3) is 3.59. The van der Waals surface area contributed by atoms with Gasteiger partial charge < -0.3 is 9.72 Å². The van der Waals surface area contributed by atoms with Crippen LogP contribution < -0.4 is 5.32 Å². The number of nitrogens with zero attached hydrogens (tertiary/aromatic N) is 2. The van der Waals surface area contributed by atoms with Gasteiger partial charge in [-0.15, -0.1) is 0 Å². The summed E-state index contributed by atoms with van der Waals surface area (Å²) in [4.78, 5) is 4.40. The quantitative estimate of drug-likeness (QED) is 0.773. The Morgan fingerprint density at radius 1 is 1.17 bits per heavy atom. The number of aryl methyl sites for hydroxylation is 1. The summed E-state index contributed by atoms with van der Waals surface area (Å²) in [6.45, 7) is 4.62. The monoisotopic (exact) mass is 343 g/mol. The predicted octanol–water partition coefficient (Wildman–Crippen LogP) is 3.11. The fraction of sp³-hybridized carbons (Fsp3) is 0.278. The van der Waals surface area contributed by atoms with Crippen molar-refractivity contribution < 1.29 is 8.42 Å². The van der Waals surface area contributed by atoms with E-state index in [0.29, 0.717) is 6.54 Å². The topological polar surface area (TPSA) is 63.5 Å². The van der Waals surface area contributed by atoms with E-state index in [4.69, 9.17) is 0 Å². The molecule has 6 heteroatoms. The Morgan fingerprint density at radius 3 is 2.71 bits per heavy atom. The summed E-state index contributed by atoms with van der Waals surface area (Å²) in [5, 5.41) is 3.40. The van der Waals surface area contributed by atoms with Gasteiger partial charge in [0, 0.05) is 18.1 Å². The number of aromatic nitrogens is 2. The standard InChI is InChI=1S/C18H21N3O2S/c1-13-7-8-18-20-10-16(21(18)11-13)9-19-17-6-4-5-15(14(17)2)12-24(3,22)23/h4-8,10-11,19H,9,12H2,1-3H3. The molecule has 1 N–H and O–H groups in total. The lowest BCUT2D eigenvalue weighted by Gasteiger charge is -2.13. The van der Waals surface area contributed by atoms with Gasteiger partial charge in [0.2, 0.25) is 0 Å². The van der Waals surface area contributed by atoms with Gasteiger partial charge in [-0.3, -0.25) is 0 Å². The summed E-state index contributed by atoms with van der Waals surface area (Å²) < 4.78 is 25.2. The van der Waals surface area contributed by atoms with Gasteiger partial charge in [0.1, 0.15) is 5.65 Å². The summed E-state index contributed by atoms with van der Waals surface area (Å²) in [5.41, 5.74) is 5.89. The maximum Gasteiger partial charge on any atom is 0.151 e. The maximum absolute atomic E-state index is 11.6. The molecule has 1 aromatic carbocycles. The first kappa shape index (κ1) is 16.5. The summed E-state index contributed by atoms with van der Waals surface area (Å²) in [6, 6.07) is 9.75. The molecule has 3 aromatic rings. The number of pyridine rings is 1. The number of nitrogens with one attached hydrogen (secondary N) is 1. The van der Waals surface area contributed by atoms with Crippen LogP contribution >= 0.6 is 0 Å². The van der Waals surface area contributed by atoms with Crippen molar-refractivity contribution in [3.05, 3.63) is 65.1 Å². The molecule has 5 nitrogen and oxygen atoms in total. The van der Waals surface area contributed by atoms with Gasteiger partial charge in [0.15, 0.2) is 9.84 Å². The van der Waals surface area contributed by atoms with Gasteiger partial charge in [-0.2, -0.15) is 0 Å². The summed E-state index contributed by atoms with van der Waals surface area (Å²) in [7, 11) is -3.05. The minimum atomic E-state index is -3.05. The number of rotatable bonds is 5. The van der Waals surface area contributed by atoms with E-state index < -0.39 is 9.84 Å². The highest BCUT2D eigenvalue weighted by Gasteiger charge is 2.10. The smallest absolute Gasteiger partial charge is 0.151 e. The number of fused-ring (bicyclic) bond motifs is 1. The molecule has 0 radical (unpaired) electrons. The average Bonchev–Trinajstić information content (AvgIpc) is 2.89. The van der Waals surface area contributed by atoms with Crippen LogP contribution in [0, 0.1) is 13.8 Å². The largest absolute Gasteiger partial charge is 0.379 e. The second-order valence-electron chi connectivity index (χ2n) is 6.20. The Morgan fingerprint density at radius 2 is 1.96 bits per heavy atom. The summed E-state index contributed by atoms with van der Waals surface area (Å²) in [6.07, 6.45) is 5.18. The van der Waals surface area contributed by atoms with E-state index in [2.05, 4.69) is 27.8 Å². The van der Waals surface area contributed by atoms with Crippen LogP contribution in [0.5, 0.6) is 0 Å². The highest BCUT2D eigenvalue weighted by Crippen LogP contribution is 2.21. The van der Waals surface area contributed by atoms with Crippen LogP contribution in [0.4, 0.5) is 5.69 Å². The second kappa shape index (κ2) is 6.28. The van der Waals surface area contributed by atoms with Gasteiger partial charge in [-0.25, -0.2) is 13.4 Å². The van der Waals surface area contributed by atoms with Crippen molar-refractivity contribution in [2.24, 2.45) is 0 Å². The van der Waals surface area contributed by atoms with Crippen LogP contribution in [-0.4, -0.2) is 24.1 Å². The molecule has 0 bridgehead atoms. The fourth-order valence-corrected chi connectivity index (χ4v) is 3.65. The number of imidazole rings is 1. The average molecular weight is 343 g/mol. The van der Waals surface area contributed by atoms with Gasteiger partial charge in [0.05, 0.1) is 24.2 Å². The van der Waals surface area contributed by atoms with Crippen LogP contribution in [0.15, 0.2) is 42.7 Å². The highest BCUT2D eigenvalue weighted by atomic mass is 32.2. The zero-order valence-electron chi connectivity index (χ0n) is 14.1. The van der Waals surface area contributed by atoms with E-state index in [-0.39, 0.29) is 5.75 Å². The molecule has 24 heavy (non-hydrogen) atoms. The first-order valence-corrected chi connectivity index (χ1v) is 9.82. The van der Waals surface area contributed by atoms with E-state index in [1.165, 1.54) is 11.8 Å². The van der Waals surface area contributed by atoms with Crippen molar-refractivity contribution in [1.82, 2.24) is 9.38 Å². The van der Waals surface area contributed by atoms with E-state index in [0.717, 1.165) is 28.2 Å². The Labute approximate surface area is 142 Å². The molecule has 0 unspecified atom stereocenters. The highest BCUT2D eigenvalue weighted by molar-refractivity contribution is 7.89. The third-order valence-corrected chi connectivity index (χ3v) is 4.89. The van der Waals surface area contributed by atoms with Crippen LogP contribution in [0.2, 0.25) is 0 Å². The molecule has 0 aliphatic carbocycles. The van der Waals surface area contributed by atoms with Gasteiger partial charge in [-0.1, -0.05) is 18.2 Å². The van der Waals surface area contributed by atoms with Crippen molar-refractivity contribution in [1.29, 1.82) is 0 Å². The lowest BCUT2D eigenvalue weighted by atomic mass is 10.1. The fourth-order valence-electron chi connectivity index (χ4n) is 2.77. The van der Waals surface area contributed by atoms with Crippen molar-refractivity contribution in [3.63, 3.8) is 0 Å². The van der Waals surface area contributed by atoms with Crippen molar-refractivity contribution in [2.75, 3.05) is 11.6 Å². The molecule has 0 aliphatic rings. The number of anilines is 1. The second-order valence-corrected chi connectivity index (χ2v) is 8.34. The minimum absolute atomic E-state index is 0.0587. The lowest BCUT2D eigenvalue weighted by molar-refractivity contribution is 0.601. The Balaban J connectivity index is 1.84. The molecular formula is C18H21N3O2S. The molecule has 0 saturated heterocycles. The predicted molar refractivity (Wildman–Crippen MR) is 97.0 cm³/mol. The summed E-state index contributed by atoms with van der Waals surface area (Å²) >= 11 is 0. The van der Waals surface area contributed by atoms with Crippen LogP contribution in [0.25, 0.3) is 5.65 Å². The molecule has 126 valence electrons. The molecule has 0 amide bonds. The number of hydrogen-bond acceptors (Lipinski definition) is 4. The van der Waals surface area contributed by atoms with Crippen molar-refractivity contribution >= 4 is 21.2 Å². The van der Waals surface area contributed by atoms with E-state index in [1.54, 1.807) is 0 Å². The molecule has 0 fully saturated rings. The molecule has 2 heterocycles. The molecule has 0 saturated carbocycles. The van der Waals surface area contributed by atoms with Gasteiger partial charge in [-0.05, 0) is 42.7 Å². The van der Waals surface area contributed by atoms with Crippen LogP contribution in [0.3, 0.4) is 0 Å². The SMILES string of the molecule is Cc1ccc2ncc(CNc3cccc(CS(C)(=O)=O)c3C)n2c1. The molecule has 0 atom stereocenters. The first-order valence-electron chi connectivity index (χ1n) is 7.76. The van der Waals surface area contributed by atoms with Gasteiger partial charge in [0.25, 0.3) is 0 Å². The Hall–Kier alpha value is -2.34. The number of sulfone groups is 1. The van der Waals surface area contributed by atoms with E-state index >= 15 is 0 Å². The van der Waals surface area contributed by atoms with Crippen LogP contribution in [0.1, 0.15) is 22.4 Å². The number of benzene rings is 1. The normalized spacial score (nSPS) is 11.8. The van der Waals surface area contributed by atoms with Gasteiger partial charge >= 0.3 is 0 Å².